The SMILES string of the molecule is Cc1cc(C2CC(=O)N2)oc1C. The van der Waals surface area contributed by atoms with Gasteiger partial charge in [-0.05, 0) is 25.5 Å². The van der Waals surface area contributed by atoms with Gasteiger partial charge in [-0.15, -0.1) is 0 Å². The molecule has 1 aromatic heterocycles. The highest BCUT2D eigenvalue weighted by Gasteiger charge is 2.29. The second-order valence-electron chi connectivity index (χ2n) is 3.21. The first-order chi connectivity index (χ1) is 5.66. The number of rotatable bonds is 1. The first-order valence-corrected chi connectivity index (χ1v) is 4.03. The summed E-state index contributed by atoms with van der Waals surface area (Å²) in [6, 6.07) is 2.10. The van der Waals surface area contributed by atoms with E-state index in [1.807, 2.05) is 19.9 Å². The van der Waals surface area contributed by atoms with Crippen molar-refractivity contribution in [3.8, 4) is 0 Å². The molecular formula is C9H11NO2. The molecule has 0 radical (unpaired) electrons. The van der Waals surface area contributed by atoms with E-state index in [-0.39, 0.29) is 11.9 Å². The molecule has 1 amide bonds. The Kier molecular flexibility index (Phi) is 1.46. The zero-order valence-electron chi connectivity index (χ0n) is 7.18. The van der Waals surface area contributed by atoms with Crippen LogP contribution in [0.5, 0.6) is 0 Å². The summed E-state index contributed by atoms with van der Waals surface area (Å²) in [7, 11) is 0. The van der Waals surface area contributed by atoms with Crippen molar-refractivity contribution in [2.24, 2.45) is 0 Å². The molecule has 1 atom stereocenters. The topological polar surface area (TPSA) is 42.2 Å². The number of amides is 1. The van der Waals surface area contributed by atoms with Crippen LogP contribution in [0.4, 0.5) is 0 Å². The molecule has 0 spiro atoms. The van der Waals surface area contributed by atoms with Gasteiger partial charge in [0.05, 0.1) is 12.5 Å². The number of β-lactam (4-membered cyclic amide) rings is 1. The van der Waals surface area contributed by atoms with Crippen molar-refractivity contribution in [1.29, 1.82) is 0 Å². The molecule has 1 N–H and O–H groups in total. The fourth-order valence-electron chi connectivity index (χ4n) is 1.30. The molecule has 1 fully saturated rings. The van der Waals surface area contributed by atoms with Crippen molar-refractivity contribution in [2.45, 2.75) is 26.3 Å². The number of nitrogens with one attached hydrogen (secondary N) is 1. The summed E-state index contributed by atoms with van der Waals surface area (Å²) in [5.74, 6) is 1.92. The lowest BCUT2D eigenvalue weighted by Gasteiger charge is -2.24. The van der Waals surface area contributed by atoms with E-state index < -0.39 is 0 Å². The fraction of sp³-hybridized carbons (Fsp3) is 0.444. The first kappa shape index (κ1) is 7.40. The quantitative estimate of drug-likeness (QED) is 0.640. The van der Waals surface area contributed by atoms with E-state index >= 15 is 0 Å². The Hall–Kier alpha value is -1.25. The van der Waals surface area contributed by atoms with Gasteiger partial charge in [-0.25, -0.2) is 0 Å². The van der Waals surface area contributed by atoms with Crippen LogP contribution in [-0.4, -0.2) is 5.91 Å². The van der Waals surface area contributed by atoms with Crippen LogP contribution in [0.15, 0.2) is 10.5 Å². The zero-order valence-corrected chi connectivity index (χ0v) is 7.18. The average molecular weight is 165 g/mol. The Bertz CT molecular complexity index is 300. The molecule has 3 heteroatoms. The average Bonchev–Trinajstić information content (AvgIpc) is 2.26. The maximum absolute atomic E-state index is 10.6. The van der Waals surface area contributed by atoms with Crippen molar-refractivity contribution >= 4 is 5.91 Å². The van der Waals surface area contributed by atoms with Crippen LogP contribution in [-0.2, 0) is 4.79 Å². The van der Waals surface area contributed by atoms with E-state index in [1.54, 1.807) is 0 Å². The molecule has 1 saturated heterocycles. The number of aryl methyl sites for hydroxylation is 2. The highest BCUT2D eigenvalue weighted by atomic mass is 16.3. The van der Waals surface area contributed by atoms with Crippen LogP contribution in [0, 0.1) is 13.8 Å². The van der Waals surface area contributed by atoms with E-state index in [0.717, 1.165) is 17.1 Å². The highest BCUT2D eigenvalue weighted by Crippen LogP contribution is 2.27. The lowest BCUT2D eigenvalue weighted by molar-refractivity contribution is -0.128. The van der Waals surface area contributed by atoms with Crippen LogP contribution in [0.25, 0.3) is 0 Å². The van der Waals surface area contributed by atoms with E-state index in [2.05, 4.69) is 5.32 Å². The Morgan fingerprint density at radius 3 is 2.67 bits per heavy atom. The molecule has 0 bridgehead atoms. The van der Waals surface area contributed by atoms with E-state index in [9.17, 15) is 4.79 Å². The Labute approximate surface area is 70.8 Å². The maximum atomic E-state index is 10.6. The number of hydrogen-bond acceptors (Lipinski definition) is 2. The second-order valence-corrected chi connectivity index (χ2v) is 3.21. The summed E-state index contributed by atoms with van der Waals surface area (Å²) >= 11 is 0. The van der Waals surface area contributed by atoms with Crippen LogP contribution in [0.2, 0.25) is 0 Å². The third kappa shape index (κ3) is 1.02. The minimum absolute atomic E-state index is 0.103. The predicted octanol–water partition coefficient (Wildman–Crippen LogP) is 1.46. The summed E-state index contributed by atoms with van der Waals surface area (Å²) in [5, 5.41) is 2.77. The van der Waals surface area contributed by atoms with E-state index in [0.29, 0.717) is 6.42 Å². The van der Waals surface area contributed by atoms with Crippen LogP contribution < -0.4 is 5.32 Å². The fourth-order valence-corrected chi connectivity index (χ4v) is 1.30. The maximum Gasteiger partial charge on any atom is 0.223 e. The number of carbonyl (C=O) groups excluding carboxylic acids is 1. The van der Waals surface area contributed by atoms with E-state index in [4.69, 9.17) is 4.42 Å². The smallest absolute Gasteiger partial charge is 0.223 e. The molecule has 3 nitrogen and oxygen atoms in total. The van der Waals surface area contributed by atoms with Gasteiger partial charge in [-0.3, -0.25) is 4.79 Å². The third-order valence-corrected chi connectivity index (χ3v) is 2.25. The van der Waals surface area contributed by atoms with Crippen molar-refractivity contribution in [3.63, 3.8) is 0 Å². The highest BCUT2D eigenvalue weighted by molar-refractivity contribution is 5.83. The molecule has 0 aromatic carbocycles. The molecule has 1 aliphatic heterocycles. The van der Waals surface area contributed by atoms with Crippen molar-refractivity contribution in [1.82, 2.24) is 5.32 Å². The number of carbonyl (C=O) groups is 1. The van der Waals surface area contributed by atoms with Crippen molar-refractivity contribution < 1.29 is 9.21 Å². The van der Waals surface area contributed by atoms with Gasteiger partial charge in [-0.1, -0.05) is 0 Å². The minimum atomic E-state index is 0.103. The standard InChI is InChI=1S/C9H11NO2/c1-5-3-8(12-6(5)2)7-4-9(11)10-7/h3,7H,4H2,1-2H3,(H,10,11). The third-order valence-electron chi connectivity index (χ3n) is 2.25. The molecule has 2 rings (SSSR count). The van der Waals surface area contributed by atoms with Gasteiger partial charge in [0.1, 0.15) is 11.5 Å². The second kappa shape index (κ2) is 2.37. The Morgan fingerprint density at radius 1 is 1.58 bits per heavy atom. The minimum Gasteiger partial charge on any atom is -0.464 e. The molecule has 1 aromatic rings. The summed E-state index contributed by atoms with van der Waals surface area (Å²) in [5.41, 5.74) is 1.14. The summed E-state index contributed by atoms with van der Waals surface area (Å²) in [6.45, 7) is 3.93. The largest absolute Gasteiger partial charge is 0.464 e. The first-order valence-electron chi connectivity index (χ1n) is 4.03. The summed E-state index contributed by atoms with van der Waals surface area (Å²) in [4.78, 5) is 10.6. The predicted molar refractivity (Wildman–Crippen MR) is 43.7 cm³/mol. The molecular weight excluding hydrogens is 154 g/mol. The van der Waals surface area contributed by atoms with Gasteiger partial charge in [0.2, 0.25) is 5.91 Å². The van der Waals surface area contributed by atoms with E-state index in [1.165, 1.54) is 0 Å². The zero-order chi connectivity index (χ0) is 8.72. The Morgan fingerprint density at radius 2 is 2.25 bits per heavy atom. The summed E-state index contributed by atoms with van der Waals surface area (Å²) in [6.07, 6.45) is 0.562. The van der Waals surface area contributed by atoms with Crippen LogP contribution in [0.3, 0.4) is 0 Å². The molecule has 0 aliphatic carbocycles. The Balaban J connectivity index is 2.19. The van der Waals surface area contributed by atoms with Gasteiger partial charge >= 0.3 is 0 Å². The van der Waals surface area contributed by atoms with Crippen molar-refractivity contribution in [2.75, 3.05) is 0 Å². The van der Waals surface area contributed by atoms with Gasteiger partial charge < -0.3 is 9.73 Å². The number of hydrogen-bond donors (Lipinski definition) is 1. The van der Waals surface area contributed by atoms with Gasteiger partial charge in [0.25, 0.3) is 0 Å². The molecule has 2 heterocycles. The molecule has 0 saturated carbocycles. The van der Waals surface area contributed by atoms with Crippen LogP contribution >= 0.6 is 0 Å². The molecule has 12 heavy (non-hydrogen) atoms. The van der Waals surface area contributed by atoms with Crippen molar-refractivity contribution in [3.05, 3.63) is 23.2 Å². The number of furan rings is 1. The lowest BCUT2D eigenvalue weighted by atomic mass is 10.0. The van der Waals surface area contributed by atoms with Crippen LogP contribution in [0.1, 0.15) is 29.5 Å². The lowest BCUT2D eigenvalue weighted by Crippen LogP contribution is -2.41. The normalized spacial score (nSPS) is 21.8. The summed E-state index contributed by atoms with van der Waals surface area (Å²) < 4.78 is 5.45. The molecule has 1 unspecified atom stereocenters. The molecule has 64 valence electrons. The molecule has 1 aliphatic rings. The van der Waals surface area contributed by atoms with Gasteiger partial charge in [0, 0.05) is 0 Å². The monoisotopic (exact) mass is 165 g/mol. The van der Waals surface area contributed by atoms with Gasteiger partial charge in [0.15, 0.2) is 0 Å². The van der Waals surface area contributed by atoms with Gasteiger partial charge in [-0.2, -0.15) is 0 Å².